The molecular weight excluding hydrogens is 262 g/mol. The summed E-state index contributed by atoms with van der Waals surface area (Å²) >= 11 is 0. The van der Waals surface area contributed by atoms with E-state index in [0.29, 0.717) is 12.5 Å². The van der Waals surface area contributed by atoms with Crippen molar-refractivity contribution < 1.29 is 8.78 Å². The summed E-state index contributed by atoms with van der Waals surface area (Å²) < 4.78 is 27.8. The van der Waals surface area contributed by atoms with Gasteiger partial charge in [-0.3, -0.25) is 0 Å². The van der Waals surface area contributed by atoms with Crippen LogP contribution in [0.2, 0.25) is 0 Å². The van der Waals surface area contributed by atoms with Crippen molar-refractivity contribution in [2.75, 3.05) is 6.54 Å². The third-order valence-corrected chi connectivity index (χ3v) is 3.64. The molecule has 1 aliphatic rings. The highest BCUT2D eigenvalue weighted by molar-refractivity contribution is 5.18. The third-order valence-electron chi connectivity index (χ3n) is 3.64. The maximum absolute atomic E-state index is 13.1. The average molecular weight is 278 g/mol. The molecule has 0 saturated carbocycles. The molecule has 0 aliphatic carbocycles. The van der Waals surface area contributed by atoms with Crippen molar-refractivity contribution in [2.24, 2.45) is 0 Å². The molecule has 4 nitrogen and oxygen atoms in total. The van der Waals surface area contributed by atoms with E-state index in [1.165, 1.54) is 12.1 Å². The number of hydrogen-bond donors (Lipinski definition) is 1. The maximum atomic E-state index is 13.1. The topological polar surface area (TPSA) is 42.7 Å². The van der Waals surface area contributed by atoms with E-state index < -0.39 is 11.6 Å². The fourth-order valence-electron chi connectivity index (χ4n) is 2.52. The monoisotopic (exact) mass is 278 g/mol. The Hall–Kier alpha value is -1.82. The third kappa shape index (κ3) is 2.85. The molecule has 0 radical (unpaired) electrons. The highest BCUT2D eigenvalue weighted by Gasteiger charge is 2.18. The van der Waals surface area contributed by atoms with Gasteiger partial charge in [-0.2, -0.15) is 5.10 Å². The van der Waals surface area contributed by atoms with Gasteiger partial charge in [0.05, 0.1) is 6.54 Å². The lowest BCUT2D eigenvalue weighted by atomic mass is 10.1. The van der Waals surface area contributed by atoms with Crippen LogP contribution in [0.1, 0.15) is 17.8 Å². The smallest absolute Gasteiger partial charge is 0.159 e. The molecule has 6 heteroatoms. The van der Waals surface area contributed by atoms with Crippen LogP contribution in [0, 0.1) is 11.6 Å². The predicted molar refractivity (Wildman–Crippen MR) is 70.2 cm³/mol. The van der Waals surface area contributed by atoms with Crippen LogP contribution in [0.3, 0.4) is 0 Å². The van der Waals surface area contributed by atoms with Gasteiger partial charge in [-0.05, 0) is 37.1 Å². The number of hydrogen-bond acceptors (Lipinski definition) is 3. The van der Waals surface area contributed by atoms with E-state index in [4.69, 9.17) is 0 Å². The summed E-state index contributed by atoms with van der Waals surface area (Å²) in [5.74, 6) is -0.552. The van der Waals surface area contributed by atoms with Crippen LogP contribution >= 0.6 is 0 Å². The number of fused-ring (bicyclic) bond motifs is 1. The number of rotatable bonds is 4. The summed E-state index contributed by atoms with van der Waals surface area (Å²) in [5, 5.41) is 7.60. The predicted octanol–water partition coefficient (Wildman–Crippen LogP) is 1.70. The van der Waals surface area contributed by atoms with Crippen molar-refractivity contribution in [2.45, 2.75) is 31.8 Å². The molecule has 20 heavy (non-hydrogen) atoms. The molecule has 0 unspecified atom stereocenters. The highest BCUT2D eigenvalue weighted by Crippen LogP contribution is 2.12. The lowest BCUT2D eigenvalue weighted by Gasteiger charge is -2.23. The van der Waals surface area contributed by atoms with Crippen LogP contribution < -0.4 is 5.32 Å². The van der Waals surface area contributed by atoms with Gasteiger partial charge in [-0.1, -0.05) is 6.07 Å². The van der Waals surface area contributed by atoms with E-state index in [2.05, 4.69) is 15.4 Å². The Bertz CT molecular complexity index is 597. The Morgan fingerprint density at radius 3 is 3.05 bits per heavy atom. The first-order valence-corrected chi connectivity index (χ1v) is 6.76. The van der Waals surface area contributed by atoms with Crippen LogP contribution in [-0.4, -0.2) is 27.4 Å². The summed E-state index contributed by atoms with van der Waals surface area (Å²) in [5.41, 5.74) is 0.800. The zero-order valence-electron chi connectivity index (χ0n) is 11.0. The van der Waals surface area contributed by atoms with Gasteiger partial charge < -0.3 is 5.32 Å². The largest absolute Gasteiger partial charge is 0.312 e. The molecule has 0 fully saturated rings. The Kier molecular flexibility index (Phi) is 3.73. The average Bonchev–Trinajstić information content (AvgIpc) is 2.90. The minimum atomic E-state index is -0.798. The maximum Gasteiger partial charge on any atom is 0.159 e. The van der Waals surface area contributed by atoms with E-state index in [9.17, 15) is 8.78 Å². The lowest BCUT2D eigenvalue weighted by molar-refractivity contribution is 0.361. The molecule has 0 saturated heterocycles. The number of halogens is 2. The van der Waals surface area contributed by atoms with Gasteiger partial charge in [0.25, 0.3) is 0 Å². The Morgan fingerprint density at radius 2 is 2.20 bits per heavy atom. The van der Waals surface area contributed by atoms with E-state index >= 15 is 0 Å². The second-order valence-electron chi connectivity index (χ2n) is 5.05. The first-order chi connectivity index (χ1) is 9.72. The molecule has 1 aromatic carbocycles. The molecule has 1 atom stereocenters. The minimum Gasteiger partial charge on any atom is -0.312 e. The first-order valence-electron chi connectivity index (χ1n) is 6.76. The molecule has 106 valence electrons. The number of benzene rings is 1. The molecule has 2 aromatic rings. The highest BCUT2D eigenvalue weighted by atomic mass is 19.2. The van der Waals surface area contributed by atoms with Crippen LogP contribution in [0.25, 0.3) is 0 Å². The number of nitrogens with zero attached hydrogens (tertiary/aromatic N) is 3. The van der Waals surface area contributed by atoms with Crippen molar-refractivity contribution in [1.82, 2.24) is 20.1 Å². The van der Waals surface area contributed by atoms with Crippen molar-refractivity contribution in [3.05, 3.63) is 47.5 Å². The van der Waals surface area contributed by atoms with Gasteiger partial charge in [-0.15, -0.1) is 0 Å². The zero-order valence-corrected chi connectivity index (χ0v) is 11.0. The van der Waals surface area contributed by atoms with Crippen LogP contribution in [-0.2, 0) is 19.4 Å². The second kappa shape index (κ2) is 5.66. The summed E-state index contributed by atoms with van der Waals surface area (Å²) in [4.78, 5) is 4.18. The van der Waals surface area contributed by atoms with Gasteiger partial charge in [0.15, 0.2) is 11.6 Å². The second-order valence-corrected chi connectivity index (χ2v) is 5.05. The first kappa shape index (κ1) is 13.2. The normalized spacial score (nSPS) is 18.0. The number of nitrogens with one attached hydrogen (secondary N) is 1. The molecule has 1 aromatic heterocycles. The van der Waals surface area contributed by atoms with Crippen LogP contribution in [0.15, 0.2) is 24.5 Å². The Morgan fingerprint density at radius 1 is 1.30 bits per heavy atom. The van der Waals surface area contributed by atoms with Crippen LogP contribution in [0.4, 0.5) is 8.78 Å². The SMILES string of the molecule is Fc1ccc(CCN[C@H]2CCc3ncnn3C2)cc1F. The quantitative estimate of drug-likeness (QED) is 0.925. The molecule has 1 aliphatic heterocycles. The molecule has 2 heterocycles. The lowest BCUT2D eigenvalue weighted by Crippen LogP contribution is -2.38. The fraction of sp³-hybridized carbons (Fsp3) is 0.429. The molecule has 0 amide bonds. The van der Waals surface area contributed by atoms with Crippen LogP contribution in [0.5, 0.6) is 0 Å². The van der Waals surface area contributed by atoms with Gasteiger partial charge in [0, 0.05) is 12.5 Å². The van der Waals surface area contributed by atoms with Crippen molar-refractivity contribution in [3.63, 3.8) is 0 Å². The minimum absolute atomic E-state index is 0.356. The van der Waals surface area contributed by atoms with E-state index in [0.717, 1.165) is 37.3 Å². The van der Waals surface area contributed by atoms with Crippen molar-refractivity contribution >= 4 is 0 Å². The molecule has 0 spiro atoms. The molecule has 0 bridgehead atoms. The van der Waals surface area contributed by atoms with Crippen molar-refractivity contribution in [3.8, 4) is 0 Å². The number of aromatic nitrogens is 3. The van der Waals surface area contributed by atoms with Gasteiger partial charge in [0.1, 0.15) is 12.2 Å². The summed E-state index contributed by atoms with van der Waals surface area (Å²) in [7, 11) is 0. The van der Waals surface area contributed by atoms with Gasteiger partial charge in [-0.25, -0.2) is 18.4 Å². The van der Waals surface area contributed by atoms with E-state index in [1.54, 1.807) is 12.4 Å². The number of aryl methyl sites for hydroxylation is 1. The zero-order chi connectivity index (χ0) is 13.9. The molecule has 1 N–H and O–H groups in total. The standard InChI is InChI=1S/C14H16F2N4/c15-12-3-1-10(7-13(12)16)5-6-17-11-2-4-14-18-9-19-20(14)8-11/h1,3,7,9,11,17H,2,4-6,8H2/t11-/m0/s1. The van der Waals surface area contributed by atoms with E-state index in [1.807, 2.05) is 4.68 Å². The summed E-state index contributed by atoms with van der Waals surface area (Å²) in [6.07, 6.45) is 4.20. The molecule has 3 rings (SSSR count). The van der Waals surface area contributed by atoms with Gasteiger partial charge in [0.2, 0.25) is 0 Å². The van der Waals surface area contributed by atoms with Gasteiger partial charge >= 0.3 is 0 Å². The Balaban J connectivity index is 1.50. The summed E-state index contributed by atoms with van der Waals surface area (Å²) in [6.45, 7) is 1.55. The fourth-order valence-corrected chi connectivity index (χ4v) is 2.52. The Labute approximate surface area is 115 Å². The van der Waals surface area contributed by atoms with Crippen molar-refractivity contribution in [1.29, 1.82) is 0 Å². The molecular formula is C14H16F2N4. The van der Waals surface area contributed by atoms with E-state index in [-0.39, 0.29) is 0 Å². The summed E-state index contributed by atoms with van der Waals surface area (Å²) in [6, 6.07) is 4.41.